The predicted molar refractivity (Wildman–Crippen MR) is 88.6 cm³/mol. The van der Waals surface area contributed by atoms with E-state index in [0.29, 0.717) is 22.2 Å². The van der Waals surface area contributed by atoms with Crippen molar-refractivity contribution in [3.63, 3.8) is 0 Å². The third-order valence-electron chi connectivity index (χ3n) is 3.13. The van der Waals surface area contributed by atoms with Gasteiger partial charge in [0.25, 0.3) is 0 Å². The standard InChI is InChI=1S/C17H14ClF2NO3/c1-23-15-9-14(16(24-2)8-11(15)18)21-17(22)7-6-10-12(19)4-3-5-13(10)20/h3-9H,1-2H3,(H,21,22). The van der Waals surface area contributed by atoms with Crippen molar-refractivity contribution in [1.29, 1.82) is 0 Å². The molecule has 126 valence electrons. The maximum absolute atomic E-state index is 13.5. The maximum atomic E-state index is 13.5. The van der Waals surface area contributed by atoms with Gasteiger partial charge < -0.3 is 14.8 Å². The molecule has 0 radical (unpaired) electrons. The molecule has 0 aliphatic heterocycles. The summed E-state index contributed by atoms with van der Waals surface area (Å²) < 4.78 is 37.2. The van der Waals surface area contributed by atoms with E-state index in [4.69, 9.17) is 21.1 Å². The van der Waals surface area contributed by atoms with Crippen LogP contribution in [0.5, 0.6) is 11.5 Å². The zero-order chi connectivity index (χ0) is 17.7. The fourth-order valence-corrected chi connectivity index (χ4v) is 2.19. The van der Waals surface area contributed by atoms with Crippen LogP contribution in [0.3, 0.4) is 0 Å². The predicted octanol–water partition coefficient (Wildman–Crippen LogP) is 4.29. The Bertz CT molecular complexity index is 773. The largest absolute Gasteiger partial charge is 0.495 e. The van der Waals surface area contributed by atoms with Gasteiger partial charge in [-0.2, -0.15) is 0 Å². The second-order valence-electron chi connectivity index (χ2n) is 4.64. The molecule has 2 aromatic rings. The average Bonchev–Trinajstić information content (AvgIpc) is 2.55. The van der Waals surface area contributed by atoms with Gasteiger partial charge in [0.2, 0.25) is 5.91 Å². The zero-order valence-electron chi connectivity index (χ0n) is 12.9. The summed E-state index contributed by atoms with van der Waals surface area (Å²) in [5, 5.41) is 2.85. The van der Waals surface area contributed by atoms with Crippen molar-refractivity contribution < 1.29 is 23.0 Å². The molecular weight excluding hydrogens is 340 g/mol. The number of hydrogen-bond donors (Lipinski definition) is 1. The number of rotatable bonds is 5. The van der Waals surface area contributed by atoms with Crippen LogP contribution in [0.25, 0.3) is 6.08 Å². The molecule has 1 N–H and O–H groups in total. The van der Waals surface area contributed by atoms with Crippen LogP contribution in [0.15, 0.2) is 36.4 Å². The van der Waals surface area contributed by atoms with Gasteiger partial charge in [-0.3, -0.25) is 4.79 Å². The van der Waals surface area contributed by atoms with E-state index in [-0.39, 0.29) is 5.56 Å². The summed E-state index contributed by atoms with van der Waals surface area (Å²) in [6.07, 6.45) is 2.07. The smallest absolute Gasteiger partial charge is 0.248 e. The number of nitrogens with one attached hydrogen (secondary N) is 1. The Kier molecular flexibility index (Phi) is 5.76. The topological polar surface area (TPSA) is 47.6 Å². The molecule has 0 heterocycles. The minimum atomic E-state index is -0.759. The molecule has 0 aromatic heterocycles. The van der Waals surface area contributed by atoms with Crippen molar-refractivity contribution in [1.82, 2.24) is 0 Å². The van der Waals surface area contributed by atoms with Gasteiger partial charge in [0.15, 0.2) is 0 Å². The van der Waals surface area contributed by atoms with Crippen molar-refractivity contribution in [2.45, 2.75) is 0 Å². The third kappa shape index (κ3) is 4.02. The average molecular weight is 354 g/mol. The van der Waals surface area contributed by atoms with Gasteiger partial charge in [0, 0.05) is 23.8 Å². The first-order valence-corrected chi connectivity index (χ1v) is 7.18. The van der Waals surface area contributed by atoms with Crippen LogP contribution in [-0.2, 0) is 4.79 Å². The summed E-state index contributed by atoms with van der Waals surface area (Å²) >= 11 is 5.98. The van der Waals surface area contributed by atoms with Crippen LogP contribution in [-0.4, -0.2) is 20.1 Å². The number of methoxy groups -OCH3 is 2. The fourth-order valence-electron chi connectivity index (χ4n) is 1.96. The van der Waals surface area contributed by atoms with Crippen molar-refractivity contribution >= 4 is 29.3 Å². The van der Waals surface area contributed by atoms with Gasteiger partial charge in [0.1, 0.15) is 23.1 Å². The van der Waals surface area contributed by atoms with E-state index in [9.17, 15) is 13.6 Å². The number of carbonyl (C=O) groups is 1. The molecule has 1 amide bonds. The zero-order valence-corrected chi connectivity index (χ0v) is 13.7. The third-order valence-corrected chi connectivity index (χ3v) is 3.43. The molecule has 2 rings (SSSR count). The van der Waals surface area contributed by atoms with Gasteiger partial charge in [-0.05, 0) is 18.2 Å². The van der Waals surface area contributed by atoms with Crippen molar-refractivity contribution in [3.8, 4) is 11.5 Å². The Morgan fingerprint density at radius 3 is 2.33 bits per heavy atom. The molecule has 0 saturated heterocycles. The van der Waals surface area contributed by atoms with E-state index >= 15 is 0 Å². The minimum absolute atomic E-state index is 0.298. The van der Waals surface area contributed by atoms with Gasteiger partial charge >= 0.3 is 0 Å². The highest BCUT2D eigenvalue weighted by atomic mass is 35.5. The number of carbonyl (C=O) groups excluding carboxylic acids is 1. The SMILES string of the molecule is COc1cc(NC(=O)C=Cc2c(F)cccc2F)c(OC)cc1Cl. The second kappa shape index (κ2) is 7.79. The Labute approximate surface area is 142 Å². The van der Waals surface area contributed by atoms with E-state index in [2.05, 4.69) is 5.32 Å². The normalized spacial score (nSPS) is 10.7. The van der Waals surface area contributed by atoms with Crippen LogP contribution in [0.2, 0.25) is 5.02 Å². The number of anilines is 1. The first-order valence-electron chi connectivity index (χ1n) is 6.81. The molecule has 0 fully saturated rings. The molecule has 2 aromatic carbocycles. The van der Waals surface area contributed by atoms with Gasteiger partial charge in [-0.1, -0.05) is 17.7 Å². The molecular formula is C17H14ClF2NO3. The van der Waals surface area contributed by atoms with Gasteiger partial charge in [0.05, 0.1) is 24.9 Å². The Morgan fingerprint density at radius 1 is 1.12 bits per heavy atom. The Morgan fingerprint density at radius 2 is 1.75 bits per heavy atom. The highest BCUT2D eigenvalue weighted by Crippen LogP contribution is 2.35. The Hall–Kier alpha value is -2.60. The van der Waals surface area contributed by atoms with E-state index < -0.39 is 17.5 Å². The first kappa shape index (κ1) is 17.7. The summed E-state index contributed by atoms with van der Waals surface area (Å²) in [5.74, 6) is -1.45. The summed E-state index contributed by atoms with van der Waals surface area (Å²) in [4.78, 5) is 12.0. The monoisotopic (exact) mass is 353 g/mol. The molecule has 0 bridgehead atoms. The Balaban J connectivity index is 2.22. The number of hydrogen-bond acceptors (Lipinski definition) is 3. The van der Waals surface area contributed by atoms with E-state index in [1.54, 1.807) is 0 Å². The van der Waals surface area contributed by atoms with Crippen molar-refractivity contribution in [2.24, 2.45) is 0 Å². The highest BCUT2D eigenvalue weighted by Gasteiger charge is 2.12. The van der Waals surface area contributed by atoms with Crippen LogP contribution in [0.1, 0.15) is 5.56 Å². The molecule has 0 aliphatic rings. The molecule has 0 spiro atoms. The lowest BCUT2D eigenvalue weighted by Crippen LogP contribution is -2.09. The lowest BCUT2D eigenvalue weighted by atomic mass is 10.2. The number of ether oxygens (including phenoxy) is 2. The lowest BCUT2D eigenvalue weighted by Gasteiger charge is -2.12. The molecule has 0 aliphatic carbocycles. The van der Waals surface area contributed by atoms with Crippen LogP contribution in [0.4, 0.5) is 14.5 Å². The summed E-state index contributed by atoms with van der Waals surface area (Å²) in [7, 11) is 2.85. The summed E-state index contributed by atoms with van der Waals surface area (Å²) in [5.41, 5.74) is 0.00991. The van der Waals surface area contributed by atoms with Crippen LogP contribution >= 0.6 is 11.6 Å². The molecule has 7 heteroatoms. The van der Waals surface area contributed by atoms with Gasteiger partial charge in [-0.15, -0.1) is 0 Å². The van der Waals surface area contributed by atoms with Crippen molar-refractivity contribution in [2.75, 3.05) is 19.5 Å². The number of benzene rings is 2. The minimum Gasteiger partial charge on any atom is -0.495 e. The molecule has 0 saturated carbocycles. The van der Waals surface area contributed by atoms with Crippen LogP contribution in [0, 0.1) is 11.6 Å². The fraction of sp³-hybridized carbons (Fsp3) is 0.118. The molecule has 0 atom stereocenters. The molecule has 0 unspecified atom stereocenters. The summed E-state index contributed by atoms with van der Waals surface area (Å²) in [6.45, 7) is 0. The van der Waals surface area contributed by atoms with Crippen molar-refractivity contribution in [3.05, 3.63) is 58.6 Å². The quantitative estimate of drug-likeness (QED) is 0.816. The first-order chi connectivity index (χ1) is 11.5. The summed E-state index contributed by atoms with van der Waals surface area (Å²) in [6, 6.07) is 6.42. The maximum Gasteiger partial charge on any atom is 0.248 e. The second-order valence-corrected chi connectivity index (χ2v) is 5.05. The number of amides is 1. The lowest BCUT2D eigenvalue weighted by molar-refractivity contribution is -0.111. The van der Waals surface area contributed by atoms with Crippen LogP contribution < -0.4 is 14.8 Å². The highest BCUT2D eigenvalue weighted by molar-refractivity contribution is 6.32. The molecule has 4 nitrogen and oxygen atoms in total. The molecule has 24 heavy (non-hydrogen) atoms. The van der Waals surface area contributed by atoms with Gasteiger partial charge in [-0.25, -0.2) is 8.78 Å². The number of halogens is 3. The van der Waals surface area contributed by atoms with E-state index in [1.165, 1.54) is 32.4 Å². The van der Waals surface area contributed by atoms with E-state index in [0.717, 1.165) is 24.3 Å². The van der Waals surface area contributed by atoms with E-state index in [1.807, 2.05) is 0 Å².